The van der Waals surface area contributed by atoms with Crippen molar-refractivity contribution in [3.8, 4) is 6.07 Å². The smallest absolute Gasteiger partial charge is 0.352 e. The molecular weight excluding hydrogens is 562 g/mol. The van der Waals surface area contributed by atoms with Crippen LogP contribution in [0.5, 0.6) is 0 Å². The van der Waals surface area contributed by atoms with Gasteiger partial charge in [0, 0.05) is 39.3 Å². The third-order valence-corrected chi connectivity index (χ3v) is 8.23. The molecule has 2 aromatic carbocycles. The molecule has 0 spiro atoms. The lowest BCUT2D eigenvalue weighted by molar-refractivity contribution is -0.144. The van der Waals surface area contributed by atoms with E-state index in [9.17, 15) is 28.4 Å². The number of benzene rings is 2. The Kier molecular flexibility index (Phi) is 8.98. The van der Waals surface area contributed by atoms with E-state index in [0.717, 1.165) is 55.8 Å². The van der Waals surface area contributed by atoms with Crippen LogP contribution in [0.4, 0.5) is 24.1 Å². The first-order chi connectivity index (χ1) is 20.7. The molecule has 3 aliphatic heterocycles. The summed E-state index contributed by atoms with van der Waals surface area (Å²) in [4.78, 5) is 48.8. The molecule has 0 aliphatic carbocycles. The number of halogens is 2. The van der Waals surface area contributed by atoms with Crippen LogP contribution in [-0.2, 0) is 14.3 Å². The molecular formula is C30H32F2N6O5. The zero-order valence-electron chi connectivity index (χ0n) is 23.8. The van der Waals surface area contributed by atoms with E-state index in [4.69, 9.17) is 9.47 Å². The molecule has 13 heteroatoms. The summed E-state index contributed by atoms with van der Waals surface area (Å²) in [5.74, 6) is -4.40. The number of imide groups is 1. The zero-order valence-corrected chi connectivity index (χ0v) is 23.8. The monoisotopic (exact) mass is 594 g/mol. The summed E-state index contributed by atoms with van der Waals surface area (Å²) in [5, 5.41) is 12.3. The Hall–Kier alpha value is -4.41. The van der Waals surface area contributed by atoms with Crippen molar-refractivity contribution in [2.45, 2.75) is 31.0 Å². The average Bonchev–Trinajstić information content (AvgIpc) is 2.99. The Balaban J connectivity index is 1.27. The predicted molar refractivity (Wildman–Crippen MR) is 151 cm³/mol. The number of nitrogens with one attached hydrogen (secondary N) is 1. The minimum Gasteiger partial charge on any atom is -0.468 e. The molecule has 226 valence electrons. The van der Waals surface area contributed by atoms with Gasteiger partial charge >= 0.3 is 18.0 Å². The molecule has 0 radical (unpaired) electrons. The average molecular weight is 595 g/mol. The fourth-order valence-corrected chi connectivity index (χ4v) is 6.07. The van der Waals surface area contributed by atoms with Gasteiger partial charge in [-0.3, -0.25) is 9.69 Å². The van der Waals surface area contributed by atoms with E-state index < -0.39 is 41.6 Å². The normalized spacial score (nSPS) is 21.6. The number of amides is 4. The molecule has 2 atom stereocenters. The summed E-state index contributed by atoms with van der Waals surface area (Å²) < 4.78 is 38.1. The van der Waals surface area contributed by atoms with Crippen molar-refractivity contribution in [3.05, 3.63) is 65.2 Å². The number of aliphatic imine (C=N–C) groups is 1. The molecule has 1 N–H and O–H groups in total. The number of urea groups is 2. The molecule has 11 nitrogen and oxygen atoms in total. The van der Waals surface area contributed by atoms with Crippen molar-refractivity contribution in [1.82, 2.24) is 15.1 Å². The summed E-state index contributed by atoms with van der Waals surface area (Å²) in [7, 11) is 2.50. The molecule has 5 rings (SSSR count). The van der Waals surface area contributed by atoms with Gasteiger partial charge in [0.25, 0.3) is 0 Å². The van der Waals surface area contributed by atoms with E-state index in [1.165, 1.54) is 13.2 Å². The van der Waals surface area contributed by atoms with Crippen LogP contribution < -0.4 is 10.2 Å². The number of piperidine rings is 1. The third-order valence-electron chi connectivity index (χ3n) is 8.23. The summed E-state index contributed by atoms with van der Waals surface area (Å²) in [6.45, 7) is 2.50. The number of rotatable bonds is 7. The predicted octanol–water partition coefficient (Wildman–Crippen LogP) is 3.25. The van der Waals surface area contributed by atoms with Crippen LogP contribution in [0.3, 0.4) is 0 Å². The van der Waals surface area contributed by atoms with Crippen molar-refractivity contribution in [3.63, 3.8) is 0 Å². The summed E-state index contributed by atoms with van der Waals surface area (Å²) in [6, 6.07) is 9.65. The number of nitrogens with zero attached hydrogens (tertiary/aromatic N) is 5. The lowest BCUT2D eigenvalue weighted by atomic mass is 9.86. The van der Waals surface area contributed by atoms with Crippen molar-refractivity contribution < 1.29 is 32.6 Å². The van der Waals surface area contributed by atoms with Gasteiger partial charge in [-0.2, -0.15) is 10.3 Å². The first kappa shape index (κ1) is 30.1. The van der Waals surface area contributed by atoms with Crippen LogP contribution in [0.25, 0.3) is 0 Å². The highest BCUT2D eigenvalue weighted by Crippen LogP contribution is 2.36. The first-order valence-corrected chi connectivity index (χ1v) is 14.0. The van der Waals surface area contributed by atoms with E-state index in [-0.39, 0.29) is 23.9 Å². The fraction of sp³-hybridized carbons (Fsp3) is 0.433. The van der Waals surface area contributed by atoms with Gasteiger partial charge in [-0.1, -0.05) is 18.2 Å². The van der Waals surface area contributed by atoms with Gasteiger partial charge in [0.15, 0.2) is 11.6 Å². The standard InChI is InChI=1S/C30H32F2N6O5/c1-42-17-24-26(28(39)43-2)27(18-7-8-22(31)23(32)13-18)38(30(41)35-24)29(40)34-20-15-37(16-20)21-9-11-36(12-10-21)25-6-4-3-5-19(25)14-33/h3-8,13,20-21,26-27H,9-12,15-17H2,1-2H3,(H,34,40). The van der Waals surface area contributed by atoms with E-state index in [1.807, 2.05) is 24.3 Å². The second-order valence-electron chi connectivity index (χ2n) is 10.8. The van der Waals surface area contributed by atoms with E-state index in [0.29, 0.717) is 24.7 Å². The van der Waals surface area contributed by atoms with Gasteiger partial charge in [-0.15, -0.1) is 0 Å². The summed E-state index contributed by atoms with van der Waals surface area (Å²) in [5.41, 5.74) is 1.62. The molecule has 2 fully saturated rings. The Morgan fingerprint density at radius 3 is 2.47 bits per heavy atom. The Morgan fingerprint density at radius 2 is 1.81 bits per heavy atom. The molecule has 3 aliphatic rings. The highest BCUT2D eigenvalue weighted by atomic mass is 19.2. The van der Waals surface area contributed by atoms with Gasteiger partial charge in [0.05, 0.1) is 42.8 Å². The molecule has 43 heavy (non-hydrogen) atoms. The van der Waals surface area contributed by atoms with E-state index in [2.05, 4.69) is 26.2 Å². The second kappa shape index (κ2) is 12.8. The summed E-state index contributed by atoms with van der Waals surface area (Å²) in [6.07, 6.45) is 1.78. The van der Waals surface area contributed by atoms with Crippen LogP contribution in [0.2, 0.25) is 0 Å². The third kappa shape index (κ3) is 6.07. The minimum atomic E-state index is -1.34. The number of methoxy groups -OCH3 is 2. The Bertz CT molecular complexity index is 1470. The number of carbonyl (C=O) groups excluding carboxylic acids is 3. The molecule has 3 heterocycles. The minimum absolute atomic E-state index is 0.0108. The number of hydrogen-bond donors (Lipinski definition) is 1. The molecule has 4 amide bonds. The number of carbonyl (C=O) groups is 3. The molecule has 0 saturated carbocycles. The highest BCUT2D eigenvalue weighted by molar-refractivity contribution is 6.12. The van der Waals surface area contributed by atoms with E-state index in [1.54, 1.807) is 0 Å². The molecule has 2 unspecified atom stereocenters. The number of nitriles is 1. The van der Waals surface area contributed by atoms with Crippen molar-refractivity contribution in [2.24, 2.45) is 10.9 Å². The maximum atomic E-state index is 14.3. The van der Waals surface area contributed by atoms with Gasteiger partial charge in [0.2, 0.25) is 0 Å². The number of para-hydroxylation sites is 1. The molecule has 2 aromatic rings. The van der Waals surface area contributed by atoms with Crippen LogP contribution >= 0.6 is 0 Å². The zero-order chi connectivity index (χ0) is 30.7. The number of likely N-dealkylation sites (tertiary alicyclic amines) is 1. The van der Waals surface area contributed by atoms with Crippen molar-refractivity contribution in [1.29, 1.82) is 5.26 Å². The molecule has 0 bridgehead atoms. The number of anilines is 1. The Labute approximate surface area is 247 Å². The Morgan fingerprint density at radius 1 is 1.09 bits per heavy atom. The SMILES string of the molecule is COCC1=NC(=O)N(C(=O)NC2CN(C3CCN(c4ccccc4C#N)CC3)C2)C(c2ccc(F)c(F)c2)C1C(=O)OC. The van der Waals surface area contributed by atoms with Crippen LogP contribution in [0.1, 0.15) is 30.0 Å². The first-order valence-electron chi connectivity index (χ1n) is 14.0. The van der Waals surface area contributed by atoms with E-state index >= 15 is 0 Å². The fourth-order valence-electron chi connectivity index (χ4n) is 6.07. The molecule has 0 aromatic heterocycles. The lowest BCUT2D eigenvalue weighted by Crippen LogP contribution is -2.65. The van der Waals surface area contributed by atoms with Gasteiger partial charge in [-0.25, -0.2) is 23.3 Å². The highest BCUT2D eigenvalue weighted by Gasteiger charge is 2.48. The van der Waals surface area contributed by atoms with Gasteiger partial charge in [-0.05, 0) is 42.7 Å². The van der Waals surface area contributed by atoms with Gasteiger partial charge in [0.1, 0.15) is 12.0 Å². The largest absolute Gasteiger partial charge is 0.468 e. The number of hydrogen-bond acceptors (Lipinski definition) is 8. The second-order valence-corrected chi connectivity index (χ2v) is 10.8. The van der Waals surface area contributed by atoms with Gasteiger partial charge < -0.3 is 19.7 Å². The number of esters is 1. The van der Waals surface area contributed by atoms with Crippen LogP contribution in [0.15, 0.2) is 47.5 Å². The lowest BCUT2D eigenvalue weighted by Gasteiger charge is -2.48. The molecule has 2 saturated heterocycles. The number of ether oxygens (including phenoxy) is 2. The van der Waals surface area contributed by atoms with Crippen molar-refractivity contribution in [2.75, 3.05) is 51.9 Å². The quantitative estimate of drug-likeness (QED) is 0.484. The van der Waals surface area contributed by atoms with Crippen molar-refractivity contribution >= 4 is 29.4 Å². The van der Waals surface area contributed by atoms with Crippen LogP contribution in [0, 0.1) is 28.9 Å². The van der Waals surface area contributed by atoms with Crippen LogP contribution in [-0.4, -0.2) is 92.6 Å². The maximum absolute atomic E-state index is 14.3. The topological polar surface area (TPSA) is 128 Å². The maximum Gasteiger partial charge on any atom is 0.352 e. The summed E-state index contributed by atoms with van der Waals surface area (Å²) >= 11 is 0.